The van der Waals surface area contributed by atoms with Crippen LogP contribution in [0.2, 0.25) is 5.02 Å². The number of carbonyl (C=O) groups excluding carboxylic acids is 1. The summed E-state index contributed by atoms with van der Waals surface area (Å²) < 4.78 is 33.4. The Morgan fingerprint density at radius 1 is 1.10 bits per heavy atom. The number of pyridine rings is 1. The minimum atomic E-state index is -3.79. The fourth-order valence-electron chi connectivity index (χ4n) is 2.77. The van der Waals surface area contributed by atoms with Crippen molar-refractivity contribution < 1.29 is 17.9 Å². The summed E-state index contributed by atoms with van der Waals surface area (Å²) in [6.07, 6.45) is 3.28. The number of amides is 1. The lowest BCUT2D eigenvalue weighted by Crippen LogP contribution is -2.28. The highest BCUT2D eigenvalue weighted by atomic mass is 35.5. The van der Waals surface area contributed by atoms with Crippen molar-refractivity contribution in [3.8, 4) is 5.75 Å². The molecule has 31 heavy (non-hydrogen) atoms. The van der Waals surface area contributed by atoms with Crippen LogP contribution in [0.5, 0.6) is 5.75 Å². The van der Waals surface area contributed by atoms with E-state index in [0.717, 1.165) is 11.1 Å². The van der Waals surface area contributed by atoms with Gasteiger partial charge in [0.05, 0.1) is 9.92 Å². The first kappa shape index (κ1) is 22.7. The Hall–Kier alpha value is -2.94. The van der Waals surface area contributed by atoms with E-state index in [4.69, 9.17) is 16.3 Å². The van der Waals surface area contributed by atoms with Crippen LogP contribution < -0.4 is 14.8 Å². The molecule has 0 bridgehead atoms. The number of nitrogens with zero attached hydrogens (tertiary/aromatic N) is 1. The van der Waals surface area contributed by atoms with Crippen molar-refractivity contribution in [2.75, 3.05) is 6.61 Å². The number of halogens is 1. The van der Waals surface area contributed by atoms with Gasteiger partial charge < -0.3 is 10.1 Å². The van der Waals surface area contributed by atoms with Crippen molar-refractivity contribution in [3.63, 3.8) is 0 Å². The molecule has 0 unspecified atom stereocenters. The van der Waals surface area contributed by atoms with Crippen LogP contribution >= 0.6 is 11.6 Å². The van der Waals surface area contributed by atoms with Crippen molar-refractivity contribution >= 4 is 27.5 Å². The van der Waals surface area contributed by atoms with Crippen LogP contribution in [-0.4, -0.2) is 25.9 Å². The van der Waals surface area contributed by atoms with Crippen LogP contribution in [0, 0.1) is 0 Å². The molecule has 1 heterocycles. The molecule has 0 aliphatic heterocycles. The Morgan fingerprint density at radius 3 is 2.48 bits per heavy atom. The summed E-state index contributed by atoms with van der Waals surface area (Å²) in [5, 5.41) is 2.82. The van der Waals surface area contributed by atoms with E-state index < -0.39 is 16.1 Å². The highest BCUT2D eigenvalue weighted by Crippen LogP contribution is 2.28. The molecule has 0 saturated carbocycles. The zero-order valence-corrected chi connectivity index (χ0v) is 18.4. The molecule has 9 heteroatoms. The van der Waals surface area contributed by atoms with Crippen LogP contribution in [0.3, 0.4) is 0 Å². The number of hydrogen-bond acceptors (Lipinski definition) is 5. The second kappa shape index (κ2) is 10.4. The lowest BCUT2D eigenvalue weighted by molar-refractivity contribution is -0.123. The lowest BCUT2D eigenvalue weighted by Gasteiger charge is -2.15. The third kappa shape index (κ3) is 6.52. The molecule has 0 fully saturated rings. The maximum Gasteiger partial charge on any atom is 0.258 e. The molecule has 1 atom stereocenters. The molecule has 1 amide bonds. The van der Waals surface area contributed by atoms with Gasteiger partial charge in [0, 0.05) is 25.0 Å². The Morgan fingerprint density at radius 2 is 1.81 bits per heavy atom. The fraction of sp³-hybridized carbons (Fsp3) is 0.182. The number of hydrogen-bond donors (Lipinski definition) is 2. The number of sulfonamides is 1. The van der Waals surface area contributed by atoms with Crippen molar-refractivity contribution in [2.24, 2.45) is 0 Å². The number of benzene rings is 2. The number of carbonyl (C=O) groups is 1. The molecule has 0 aliphatic carbocycles. The predicted molar refractivity (Wildman–Crippen MR) is 118 cm³/mol. The molecule has 0 aliphatic rings. The van der Waals surface area contributed by atoms with E-state index in [1.165, 1.54) is 18.2 Å². The summed E-state index contributed by atoms with van der Waals surface area (Å²) in [7, 11) is -3.79. The van der Waals surface area contributed by atoms with Crippen LogP contribution in [0.4, 0.5) is 0 Å². The van der Waals surface area contributed by atoms with Gasteiger partial charge in [0.15, 0.2) is 6.61 Å². The second-order valence-electron chi connectivity index (χ2n) is 6.77. The topological polar surface area (TPSA) is 97.4 Å². The molecular formula is C22H22ClN3O4S. The first-order valence-corrected chi connectivity index (χ1v) is 11.4. The summed E-state index contributed by atoms with van der Waals surface area (Å²) in [4.78, 5) is 15.9. The van der Waals surface area contributed by atoms with Gasteiger partial charge in [-0.1, -0.05) is 41.9 Å². The van der Waals surface area contributed by atoms with Crippen molar-refractivity contribution in [2.45, 2.75) is 24.4 Å². The molecule has 2 aromatic carbocycles. The first-order chi connectivity index (χ1) is 14.8. The van der Waals surface area contributed by atoms with Crippen molar-refractivity contribution in [3.05, 3.63) is 89.2 Å². The predicted octanol–water partition coefficient (Wildman–Crippen LogP) is 3.47. The van der Waals surface area contributed by atoms with Crippen LogP contribution in [0.15, 0.2) is 78.0 Å². The fourth-order valence-corrected chi connectivity index (χ4v) is 4.33. The lowest BCUT2D eigenvalue weighted by atomic mass is 10.1. The van der Waals surface area contributed by atoms with Crippen LogP contribution in [0.1, 0.15) is 24.1 Å². The Kier molecular flexibility index (Phi) is 7.62. The maximum atomic E-state index is 12.7. The maximum absolute atomic E-state index is 12.7. The molecule has 1 aromatic heterocycles. The molecular weight excluding hydrogens is 438 g/mol. The Balaban J connectivity index is 1.58. The van der Waals surface area contributed by atoms with E-state index in [0.29, 0.717) is 6.54 Å². The molecule has 7 nitrogen and oxygen atoms in total. The van der Waals surface area contributed by atoms with Crippen LogP contribution in [-0.2, 0) is 21.4 Å². The van der Waals surface area contributed by atoms with Gasteiger partial charge in [0.2, 0.25) is 10.0 Å². The van der Waals surface area contributed by atoms with Gasteiger partial charge in [-0.15, -0.1) is 0 Å². The molecule has 162 valence electrons. The van der Waals surface area contributed by atoms with E-state index in [1.807, 2.05) is 30.3 Å². The summed E-state index contributed by atoms with van der Waals surface area (Å²) >= 11 is 6.19. The quantitative estimate of drug-likeness (QED) is 0.510. The van der Waals surface area contributed by atoms with E-state index >= 15 is 0 Å². The zero-order valence-electron chi connectivity index (χ0n) is 16.8. The number of rotatable bonds is 9. The molecule has 3 aromatic rings. The minimum Gasteiger partial charge on any atom is -0.482 e. The monoisotopic (exact) mass is 459 g/mol. The average molecular weight is 460 g/mol. The van der Waals surface area contributed by atoms with Gasteiger partial charge in [-0.25, -0.2) is 13.1 Å². The first-order valence-electron chi connectivity index (χ1n) is 9.50. The van der Waals surface area contributed by atoms with Crippen molar-refractivity contribution in [1.29, 1.82) is 0 Å². The summed E-state index contributed by atoms with van der Waals surface area (Å²) in [6, 6.07) is 16.5. The molecule has 3 rings (SSSR count). The smallest absolute Gasteiger partial charge is 0.258 e. The van der Waals surface area contributed by atoms with E-state index in [-0.39, 0.29) is 28.2 Å². The largest absolute Gasteiger partial charge is 0.482 e. The highest BCUT2D eigenvalue weighted by Gasteiger charge is 2.20. The normalized spacial score (nSPS) is 12.2. The summed E-state index contributed by atoms with van der Waals surface area (Å²) in [5.41, 5.74) is 1.75. The second-order valence-corrected chi connectivity index (χ2v) is 8.89. The summed E-state index contributed by atoms with van der Waals surface area (Å²) in [5.74, 6) is -0.112. The average Bonchev–Trinajstić information content (AvgIpc) is 2.77. The summed E-state index contributed by atoms with van der Waals surface area (Å²) in [6.45, 7) is 1.86. The molecule has 0 radical (unpaired) electrons. The number of ether oxygens (including phenoxy) is 1. The third-order valence-corrected chi connectivity index (χ3v) is 6.28. The highest BCUT2D eigenvalue weighted by molar-refractivity contribution is 7.89. The zero-order chi connectivity index (χ0) is 22.3. The van der Waals surface area contributed by atoms with Crippen molar-refractivity contribution in [1.82, 2.24) is 15.0 Å². The third-order valence-electron chi connectivity index (χ3n) is 4.44. The molecule has 2 N–H and O–H groups in total. The molecule has 0 saturated heterocycles. The SMILES string of the molecule is C[C@@H](NS(=O)(=O)c1ccc(OCC(=O)NCc2ccncc2)c(Cl)c1)c1ccccc1. The van der Waals surface area contributed by atoms with Gasteiger partial charge in [0.1, 0.15) is 5.75 Å². The standard InChI is InChI=1S/C22H22ClN3O4S/c1-16(18-5-3-2-4-6-18)26-31(28,29)19-7-8-21(20(23)13-19)30-15-22(27)25-14-17-9-11-24-12-10-17/h2-13,16,26H,14-15H2,1H3,(H,25,27)/t16-/m1/s1. The number of aromatic nitrogens is 1. The van der Waals surface area contributed by atoms with E-state index in [2.05, 4.69) is 15.0 Å². The van der Waals surface area contributed by atoms with E-state index in [9.17, 15) is 13.2 Å². The van der Waals surface area contributed by atoms with Gasteiger partial charge in [-0.05, 0) is 48.4 Å². The van der Waals surface area contributed by atoms with Gasteiger partial charge in [-0.3, -0.25) is 9.78 Å². The van der Waals surface area contributed by atoms with Crippen LogP contribution in [0.25, 0.3) is 0 Å². The van der Waals surface area contributed by atoms with E-state index in [1.54, 1.807) is 31.5 Å². The van der Waals surface area contributed by atoms with Gasteiger partial charge in [0.25, 0.3) is 5.91 Å². The number of nitrogens with one attached hydrogen (secondary N) is 2. The minimum absolute atomic E-state index is 0.00905. The Labute approximate surface area is 186 Å². The van der Waals surface area contributed by atoms with Gasteiger partial charge >= 0.3 is 0 Å². The molecule has 0 spiro atoms. The Bertz CT molecular complexity index is 1130. The van der Waals surface area contributed by atoms with Gasteiger partial charge in [-0.2, -0.15) is 0 Å².